The fourth-order valence-electron chi connectivity index (χ4n) is 9.59. The fourth-order valence-corrected chi connectivity index (χ4v) is 9.59. The van der Waals surface area contributed by atoms with Gasteiger partial charge in [0.15, 0.2) is 0 Å². The van der Waals surface area contributed by atoms with Crippen LogP contribution in [-0.2, 0) is 32.1 Å². The molecular weight excluding hydrogens is 763 g/mol. The van der Waals surface area contributed by atoms with E-state index in [9.17, 15) is 0 Å². The second-order valence-electron chi connectivity index (χ2n) is 17.6. The van der Waals surface area contributed by atoms with Gasteiger partial charge in [-0.05, 0) is 130 Å². The van der Waals surface area contributed by atoms with Crippen molar-refractivity contribution in [3.05, 3.63) is 190 Å². The standard InChI is InChI=1S/C60H71N3/c1-8-19-45-24-16-25-46(20-9-2)58(45)61-50-36-32-43(33-37-50)57(44-34-38-51(39-35-44)62-59-47(21-10-3)26-17-27-48(59)22-11-4)55-40-41-56(54-30-15-14-29-53(54)55)63-60-49(23-12-5)28-18-31-52(60)42(7)13-6/h14-18,24-42,57,61-63H,8-13,19-23H2,1-7H3. The Hall–Kier alpha value is -5.80. The zero-order valence-corrected chi connectivity index (χ0v) is 39.2. The maximum atomic E-state index is 4.03. The van der Waals surface area contributed by atoms with Gasteiger partial charge in [-0.2, -0.15) is 0 Å². The van der Waals surface area contributed by atoms with Crippen LogP contribution < -0.4 is 16.0 Å². The maximum absolute atomic E-state index is 4.03. The van der Waals surface area contributed by atoms with E-state index in [2.05, 4.69) is 204 Å². The molecule has 0 spiro atoms. The lowest BCUT2D eigenvalue weighted by molar-refractivity contribution is 0.733. The quantitative estimate of drug-likeness (QED) is 0.0631. The van der Waals surface area contributed by atoms with Gasteiger partial charge in [0.05, 0.1) is 0 Å². The molecule has 0 aliphatic carbocycles. The van der Waals surface area contributed by atoms with Crippen LogP contribution in [0.5, 0.6) is 0 Å². The van der Waals surface area contributed by atoms with Crippen molar-refractivity contribution in [2.24, 2.45) is 0 Å². The lowest BCUT2D eigenvalue weighted by Gasteiger charge is -2.25. The average molecular weight is 834 g/mol. The Morgan fingerprint density at radius 3 is 1.21 bits per heavy atom. The van der Waals surface area contributed by atoms with Crippen molar-refractivity contribution < 1.29 is 0 Å². The van der Waals surface area contributed by atoms with E-state index < -0.39 is 0 Å². The molecule has 326 valence electrons. The molecule has 7 aromatic carbocycles. The zero-order valence-electron chi connectivity index (χ0n) is 39.2. The monoisotopic (exact) mass is 834 g/mol. The summed E-state index contributed by atoms with van der Waals surface area (Å²) < 4.78 is 0. The van der Waals surface area contributed by atoms with E-state index in [1.807, 2.05) is 0 Å². The molecule has 1 atom stereocenters. The molecule has 7 aromatic rings. The summed E-state index contributed by atoms with van der Waals surface area (Å²) in [4.78, 5) is 0. The number of benzene rings is 7. The van der Waals surface area contributed by atoms with E-state index in [1.165, 1.54) is 77.9 Å². The highest BCUT2D eigenvalue weighted by atomic mass is 14.9. The highest BCUT2D eigenvalue weighted by molar-refractivity contribution is 5.98. The summed E-state index contributed by atoms with van der Waals surface area (Å²) in [6.07, 6.45) is 12.0. The number of hydrogen-bond donors (Lipinski definition) is 3. The highest BCUT2D eigenvalue weighted by Crippen LogP contribution is 2.42. The molecule has 0 heterocycles. The second-order valence-corrected chi connectivity index (χ2v) is 17.6. The molecule has 3 N–H and O–H groups in total. The maximum Gasteiger partial charge on any atom is 0.0464 e. The van der Waals surface area contributed by atoms with E-state index in [1.54, 1.807) is 0 Å². The Kier molecular flexibility index (Phi) is 15.8. The zero-order chi connectivity index (χ0) is 44.1. The molecule has 3 nitrogen and oxygen atoms in total. The first kappa shape index (κ1) is 45.2. The lowest BCUT2D eigenvalue weighted by Crippen LogP contribution is -2.07. The van der Waals surface area contributed by atoms with Crippen LogP contribution in [0.15, 0.2) is 140 Å². The first-order chi connectivity index (χ1) is 30.9. The van der Waals surface area contributed by atoms with Crippen molar-refractivity contribution in [3.63, 3.8) is 0 Å². The fraction of sp³-hybridized carbons (Fsp3) is 0.333. The molecule has 0 saturated heterocycles. The van der Waals surface area contributed by atoms with Crippen molar-refractivity contribution in [1.29, 1.82) is 0 Å². The van der Waals surface area contributed by atoms with Crippen molar-refractivity contribution >= 4 is 44.9 Å². The third kappa shape index (κ3) is 10.5. The smallest absolute Gasteiger partial charge is 0.0464 e. The Morgan fingerprint density at radius 1 is 0.365 bits per heavy atom. The SMILES string of the molecule is CCCc1cccc(CCC)c1Nc1ccc(C(c2ccc(Nc3c(CCC)cccc3CCC)cc2)c2ccc(Nc3c(CCC)cccc3C(C)CC)c3ccccc23)cc1. The van der Waals surface area contributed by atoms with Gasteiger partial charge in [-0.25, -0.2) is 0 Å². The largest absolute Gasteiger partial charge is 0.355 e. The second kappa shape index (κ2) is 22.0. The van der Waals surface area contributed by atoms with Gasteiger partial charge < -0.3 is 16.0 Å². The number of anilines is 6. The van der Waals surface area contributed by atoms with Crippen LogP contribution in [0.25, 0.3) is 10.8 Å². The third-order valence-corrected chi connectivity index (χ3v) is 13.0. The molecule has 1 unspecified atom stereocenters. The summed E-state index contributed by atoms with van der Waals surface area (Å²) in [5.41, 5.74) is 19.5. The number of aryl methyl sites for hydroxylation is 5. The molecule has 0 radical (unpaired) electrons. The molecule has 0 aromatic heterocycles. The van der Waals surface area contributed by atoms with Gasteiger partial charge in [-0.15, -0.1) is 0 Å². The molecule has 63 heavy (non-hydrogen) atoms. The predicted molar refractivity (Wildman–Crippen MR) is 276 cm³/mol. The van der Waals surface area contributed by atoms with Crippen LogP contribution in [0, 0.1) is 0 Å². The number of rotatable bonds is 21. The summed E-state index contributed by atoms with van der Waals surface area (Å²) in [5.74, 6) is 0.479. The normalized spacial score (nSPS) is 11.9. The van der Waals surface area contributed by atoms with Crippen molar-refractivity contribution in [1.82, 2.24) is 0 Å². The molecule has 7 rings (SSSR count). The lowest BCUT2D eigenvalue weighted by atomic mass is 9.82. The van der Waals surface area contributed by atoms with Crippen LogP contribution in [0.1, 0.15) is 149 Å². The summed E-state index contributed by atoms with van der Waals surface area (Å²) in [6, 6.07) is 52.7. The van der Waals surface area contributed by atoms with Crippen LogP contribution >= 0.6 is 0 Å². The van der Waals surface area contributed by atoms with Gasteiger partial charge in [0.25, 0.3) is 0 Å². The topological polar surface area (TPSA) is 36.1 Å². The Morgan fingerprint density at radius 2 is 0.778 bits per heavy atom. The minimum absolute atomic E-state index is 0.0150. The number of nitrogens with one attached hydrogen (secondary N) is 3. The van der Waals surface area contributed by atoms with Crippen molar-refractivity contribution in [3.8, 4) is 0 Å². The Bertz CT molecular complexity index is 2390. The van der Waals surface area contributed by atoms with Gasteiger partial charge >= 0.3 is 0 Å². The van der Waals surface area contributed by atoms with E-state index in [4.69, 9.17) is 0 Å². The molecule has 0 aliphatic heterocycles. The number of para-hydroxylation sites is 3. The van der Waals surface area contributed by atoms with Gasteiger partial charge in [0.1, 0.15) is 0 Å². The summed E-state index contributed by atoms with van der Waals surface area (Å²) in [5, 5.41) is 14.3. The molecule has 3 heteroatoms. The van der Waals surface area contributed by atoms with Crippen LogP contribution in [0.4, 0.5) is 34.1 Å². The van der Waals surface area contributed by atoms with E-state index in [-0.39, 0.29) is 5.92 Å². The Balaban J connectivity index is 1.32. The highest BCUT2D eigenvalue weighted by Gasteiger charge is 2.22. The minimum Gasteiger partial charge on any atom is -0.355 e. The van der Waals surface area contributed by atoms with Crippen molar-refractivity contribution in [2.75, 3.05) is 16.0 Å². The minimum atomic E-state index is 0.0150. The third-order valence-electron chi connectivity index (χ3n) is 13.0. The molecule has 0 saturated carbocycles. The summed E-state index contributed by atoms with van der Waals surface area (Å²) in [6.45, 7) is 16.0. The summed E-state index contributed by atoms with van der Waals surface area (Å²) in [7, 11) is 0. The first-order valence-corrected chi connectivity index (χ1v) is 24.3. The van der Waals surface area contributed by atoms with E-state index >= 15 is 0 Å². The molecule has 0 fully saturated rings. The van der Waals surface area contributed by atoms with Crippen LogP contribution in [0.2, 0.25) is 0 Å². The molecule has 0 amide bonds. The first-order valence-electron chi connectivity index (χ1n) is 24.3. The van der Waals surface area contributed by atoms with Crippen molar-refractivity contribution in [2.45, 2.75) is 131 Å². The molecule has 0 bridgehead atoms. The predicted octanol–water partition coefficient (Wildman–Crippen LogP) is 17.5. The van der Waals surface area contributed by atoms with Gasteiger partial charge in [-0.1, -0.05) is 190 Å². The van der Waals surface area contributed by atoms with E-state index in [0.717, 1.165) is 87.7 Å². The van der Waals surface area contributed by atoms with Gasteiger partial charge in [0, 0.05) is 45.4 Å². The molecule has 0 aliphatic rings. The number of hydrogen-bond acceptors (Lipinski definition) is 3. The van der Waals surface area contributed by atoms with Crippen LogP contribution in [0.3, 0.4) is 0 Å². The van der Waals surface area contributed by atoms with Crippen LogP contribution in [-0.4, -0.2) is 0 Å². The summed E-state index contributed by atoms with van der Waals surface area (Å²) >= 11 is 0. The Labute approximate surface area is 379 Å². The number of fused-ring (bicyclic) bond motifs is 1. The van der Waals surface area contributed by atoms with Gasteiger partial charge in [0.2, 0.25) is 0 Å². The average Bonchev–Trinajstić information content (AvgIpc) is 3.31. The van der Waals surface area contributed by atoms with Gasteiger partial charge in [-0.3, -0.25) is 0 Å². The van der Waals surface area contributed by atoms with E-state index in [0.29, 0.717) is 5.92 Å². The molecular formula is C60H71N3.